The zero-order chi connectivity index (χ0) is 25.0. The second-order valence-corrected chi connectivity index (χ2v) is 11.5. The molecule has 1 aliphatic heterocycles. The van der Waals surface area contributed by atoms with Gasteiger partial charge in [-0.1, -0.05) is 50.1 Å². The van der Waals surface area contributed by atoms with Gasteiger partial charge in [0, 0.05) is 18.2 Å². The lowest BCUT2D eigenvalue weighted by atomic mass is 9.94. The standard InChI is InChI=1S/C25H28FN3O4S2/c1-2-17-8-14-21(15-9-17)35(32,33)28-25-29(20-6-4-3-5-7-20)24(31)22(34-25)16-23(30)27-19-12-10-18(26)11-13-19/h8-15,20,22H,2-7,16H2,1H3,(H,27,30)/t22-/m1/s1. The number of carbonyl (C=O) groups excluding carboxylic acids is 2. The van der Waals surface area contributed by atoms with Crippen LogP contribution < -0.4 is 5.32 Å². The van der Waals surface area contributed by atoms with Crippen LogP contribution in [-0.4, -0.2) is 41.6 Å². The average molecular weight is 518 g/mol. The maximum Gasteiger partial charge on any atom is 0.284 e. The van der Waals surface area contributed by atoms with Crippen LogP contribution in [0.15, 0.2) is 57.8 Å². The van der Waals surface area contributed by atoms with Gasteiger partial charge in [0.1, 0.15) is 11.1 Å². The molecule has 1 heterocycles. The lowest BCUT2D eigenvalue weighted by Gasteiger charge is -2.30. The number of amidine groups is 1. The largest absolute Gasteiger partial charge is 0.326 e. The average Bonchev–Trinajstić information content (AvgIpc) is 3.14. The van der Waals surface area contributed by atoms with Crippen molar-refractivity contribution in [3.8, 4) is 0 Å². The van der Waals surface area contributed by atoms with Gasteiger partial charge in [0.2, 0.25) is 11.8 Å². The van der Waals surface area contributed by atoms with Gasteiger partial charge in [-0.3, -0.25) is 14.5 Å². The van der Waals surface area contributed by atoms with Crippen molar-refractivity contribution in [3.63, 3.8) is 0 Å². The van der Waals surface area contributed by atoms with Gasteiger partial charge in [-0.2, -0.15) is 8.42 Å². The molecule has 0 spiro atoms. The molecule has 1 saturated carbocycles. The van der Waals surface area contributed by atoms with Crippen LogP contribution in [0.25, 0.3) is 0 Å². The number of rotatable bonds is 7. The van der Waals surface area contributed by atoms with E-state index in [1.54, 1.807) is 12.1 Å². The molecule has 2 aromatic carbocycles. The number of hydrogen-bond donors (Lipinski definition) is 1. The Morgan fingerprint density at radius 3 is 2.37 bits per heavy atom. The third-order valence-corrected chi connectivity index (χ3v) is 8.78. The van der Waals surface area contributed by atoms with Gasteiger partial charge in [-0.05, 0) is 61.2 Å². The highest BCUT2D eigenvalue weighted by Crippen LogP contribution is 2.36. The number of halogens is 1. The number of nitrogens with one attached hydrogen (secondary N) is 1. The fraction of sp³-hybridized carbons (Fsp3) is 0.400. The highest BCUT2D eigenvalue weighted by atomic mass is 32.2. The first kappa shape index (κ1) is 25.4. The van der Waals surface area contributed by atoms with Crippen molar-refractivity contribution in [1.29, 1.82) is 0 Å². The summed E-state index contributed by atoms with van der Waals surface area (Å²) >= 11 is 1.02. The van der Waals surface area contributed by atoms with Gasteiger partial charge in [0.25, 0.3) is 10.0 Å². The normalized spacial score (nSPS) is 20.4. The van der Waals surface area contributed by atoms with Crippen LogP contribution in [0.5, 0.6) is 0 Å². The Bertz CT molecular complexity index is 1210. The summed E-state index contributed by atoms with van der Waals surface area (Å²) in [7, 11) is -4.03. The maximum absolute atomic E-state index is 13.4. The minimum Gasteiger partial charge on any atom is -0.326 e. The van der Waals surface area contributed by atoms with E-state index in [1.165, 1.54) is 41.3 Å². The van der Waals surface area contributed by atoms with Crippen molar-refractivity contribution in [2.24, 2.45) is 4.40 Å². The van der Waals surface area contributed by atoms with Gasteiger partial charge in [0.15, 0.2) is 5.17 Å². The summed E-state index contributed by atoms with van der Waals surface area (Å²) in [6, 6.07) is 11.8. The maximum atomic E-state index is 13.4. The molecular weight excluding hydrogens is 489 g/mol. The lowest BCUT2D eigenvalue weighted by Crippen LogP contribution is -2.42. The third-order valence-electron chi connectivity index (χ3n) is 6.23. The summed E-state index contributed by atoms with van der Waals surface area (Å²) in [4.78, 5) is 27.5. The van der Waals surface area contributed by atoms with E-state index < -0.39 is 27.0 Å². The molecule has 0 unspecified atom stereocenters. The molecule has 7 nitrogen and oxygen atoms in total. The predicted octanol–water partition coefficient (Wildman–Crippen LogP) is 4.74. The van der Waals surface area contributed by atoms with Crippen molar-refractivity contribution < 1.29 is 22.4 Å². The molecule has 1 saturated heterocycles. The summed E-state index contributed by atoms with van der Waals surface area (Å²) in [5.41, 5.74) is 1.43. The molecule has 2 aromatic rings. The molecule has 2 amide bonds. The number of carbonyl (C=O) groups is 2. The molecular formula is C25H28FN3O4S2. The van der Waals surface area contributed by atoms with Crippen LogP contribution in [0.1, 0.15) is 51.0 Å². The van der Waals surface area contributed by atoms with Crippen molar-refractivity contribution in [2.75, 3.05) is 5.32 Å². The topological polar surface area (TPSA) is 95.9 Å². The van der Waals surface area contributed by atoms with Gasteiger partial charge in [-0.25, -0.2) is 4.39 Å². The molecule has 186 valence electrons. The SMILES string of the molecule is CCc1ccc(S(=O)(=O)N=C2S[C@H](CC(=O)Nc3ccc(F)cc3)C(=O)N2C2CCCCC2)cc1. The number of hydrogen-bond acceptors (Lipinski definition) is 5. The van der Waals surface area contributed by atoms with Gasteiger partial charge >= 0.3 is 0 Å². The lowest BCUT2D eigenvalue weighted by molar-refractivity contribution is -0.130. The monoisotopic (exact) mass is 517 g/mol. The molecule has 2 fully saturated rings. The van der Waals surface area contributed by atoms with Crippen molar-refractivity contribution >= 4 is 44.5 Å². The van der Waals surface area contributed by atoms with Crippen molar-refractivity contribution in [3.05, 3.63) is 59.9 Å². The molecule has 0 radical (unpaired) electrons. The van der Waals surface area contributed by atoms with E-state index in [4.69, 9.17) is 0 Å². The first-order valence-electron chi connectivity index (χ1n) is 11.8. The van der Waals surface area contributed by atoms with E-state index in [0.717, 1.165) is 55.9 Å². The van der Waals surface area contributed by atoms with Crippen LogP contribution in [0.2, 0.25) is 0 Å². The van der Waals surface area contributed by atoms with E-state index in [0.29, 0.717) is 5.69 Å². The second-order valence-electron chi connectivity index (χ2n) is 8.71. The predicted molar refractivity (Wildman–Crippen MR) is 135 cm³/mol. The fourth-order valence-corrected chi connectivity index (χ4v) is 6.72. The summed E-state index contributed by atoms with van der Waals surface area (Å²) in [6.45, 7) is 1.99. The number of aryl methyl sites for hydroxylation is 1. The first-order chi connectivity index (χ1) is 16.8. The quantitative estimate of drug-likeness (QED) is 0.572. The number of amides is 2. The zero-order valence-electron chi connectivity index (χ0n) is 19.4. The molecule has 1 N–H and O–H groups in total. The smallest absolute Gasteiger partial charge is 0.284 e. The van der Waals surface area contributed by atoms with Crippen LogP contribution in [0, 0.1) is 5.82 Å². The Balaban J connectivity index is 1.57. The molecule has 4 rings (SSSR count). The van der Waals surface area contributed by atoms with Gasteiger partial charge in [-0.15, -0.1) is 4.40 Å². The minimum absolute atomic E-state index is 0.0661. The number of nitrogens with zero attached hydrogens (tertiary/aromatic N) is 2. The molecule has 0 aromatic heterocycles. The Morgan fingerprint density at radius 2 is 1.74 bits per heavy atom. The molecule has 35 heavy (non-hydrogen) atoms. The highest BCUT2D eigenvalue weighted by molar-refractivity contribution is 8.16. The fourth-order valence-electron chi connectivity index (χ4n) is 4.32. The second kappa shape index (κ2) is 10.9. The Morgan fingerprint density at radius 1 is 1.09 bits per heavy atom. The number of anilines is 1. The number of benzene rings is 2. The van der Waals surface area contributed by atoms with E-state index in [2.05, 4.69) is 9.71 Å². The van der Waals surface area contributed by atoms with Crippen molar-refractivity contribution in [1.82, 2.24) is 4.90 Å². The molecule has 0 bridgehead atoms. The third kappa shape index (κ3) is 6.10. The first-order valence-corrected chi connectivity index (χ1v) is 14.1. The van der Waals surface area contributed by atoms with E-state index in [9.17, 15) is 22.4 Å². The molecule has 1 atom stereocenters. The van der Waals surface area contributed by atoms with E-state index in [1.807, 2.05) is 6.92 Å². The number of thioether (sulfide) groups is 1. The van der Waals surface area contributed by atoms with Gasteiger partial charge < -0.3 is 5.32 Å². The summed E-state index contributed by atoms with van der Waals surface area (Å²) in [5.74, 6) is -1.13. The molecule has 1 aliphatic carbocycles. The van der Waals surface area contributed by atoms with Crippen LogP contribution in [0.4, 0.5) is 10.1 Å². The van der Waals surface area contributed by atoms with E-state index in [-0.39, 0.29) is 28.4 Å². The Hall–Kier alpha value is -2.72. The molecule has 2 aliphatic rings. The van der Waals surface area contributed by atoms with Crippen LogP contribution >= 0.6 is 11.8 Å². The van der Waals surface area contributed by atoms with Crippen LogP contribution in [0.3, 0.4) is 0 Å². The van der Waals surface area contributed by atoms with E-state index >= 15 is 0 Å². The van der Waals surface area contributed by atoms with Gasteiger partial charge in [0.05, 0.1) is 4.90 Å². The molecule has 10 heteroatoms. The highest BCUT2D eigenvalue weighted by Gasteiger charge is 2.43. The van der Waals surface area contributed by atoms with Crippen molar-refractivity contribution in [2.45, 2.75) is 68.1 Å². The zero-order valence-corrected chi connectivity index (χ0v) is 21.1. The van der Waals surface area contributed by atoms with Crippen LogP contribution in [-0.2, 0) is 26.0 Å². The number of sulfonamides is 1. The Kier molecular flexibility index (Phi) is 7.91. The minimum atomic E-state index is -4.03. The summed E-state index contributed by atoms with van der Waals surface area (Å²) < 4.78 is 43.4. The summed E-state index contributed by atoms with van der Waals surface area (Å²) in [6.07, 6.45) is 5.16. The Labute approximate surface area is 209 Å². The summed E-state index contributed by atoms with van der Waals surface area (Å²) in [5, 5.41) is 2.01.